The second-order valence-electron chi connectivity index (χ2n) is 10.0. The molecule has 2 amide bonds. The van der Waals surface area contributed by atoms with Gasteiger partial charge in [0.1, 0.15) is 17.5 Å². The van der Waals surface area contributed by atoms with Gasteiger partial charge in [-0.1, -0.05) is 89.9 Å². The summed E-state index contributed by atoms with van der Waals surface area (Å²) >= 11 is 12.1. The van der Waals surface area contributed by atoms with Gasteiger partial charge in [0.25, 0.3) is 0 Å². The number of amides is 2. The molecule has 3 aromatic carbocycles. The van der Waals surface area contributed by atoms with Crippen LogP contribution in [-0.4, -0.2) is 49.1 Å². The first-order valence-corrected chi connectivity index (χ1v) is 14.3. The highest BCUT2D eigenvalue weighted by molar-refractivity contribution is 7.87. The van der Waals surface area contributed by atoms with Crippen LogP contribution in [-0.2, 0) is 36.3 Å². The number of carbonyl (C=O) groups is 3. The van der Waals surface area contributed by atoms with Gasteiger partial charge < -0.3 is 15.0 Å². The Bertz CT molecular complexity index is 1410. The maximum Gasteiger partial charge on any atom is 0.331 e. The first-order chi connectivity index (χ1) is 18.6. The molecule has 3 aromatic rings. The van der Waals surface area contributed by atoms with Crippen LogP contribution in [0.3, 0.4) is 0 Å². The summed E-state index contributed by atoms with van der Waals surface area (Å²) in [6.45, 7) is 3.35. The van der Waals surface area contributed by atoms with Crippen LogP contribution in [0.2, 0.25) is 10.0 Å². The lowest BCUT2D eigenvalue weighted by Crippen LogP contribution is -2.71. The first kappa shape index (κ1) is 27.4. The summed E-state index contributed by atoms with van der Waals surface area (Å²) in [4.78, 5) is 41.0. The SMILES string of the molecule is CC1(C)[C@H](C(=O)OC(c2ccccc2)c2ccccc2)N2C(=O)[C@@H](NC(=O)Cc3ccc(Cl)cc3Cl)[C@H]2[S@@]1=O. The Kier molecular flexibility index (Phi) is 7.55. The number of nitrogens with one attached hydrogen (secondary N) is 1. The molecule has 2 heterocycles. The van der Waals surface area contributed by atoms with E-state index in [4.69, 9.17) is 27.9 Å². The fraction of sp³-hybridized carbons (Fsp3) is 0.276. The van der Waals surface area contributed by atoms with Gasteiger partial charge >= 0.3 is 5.97 Å². The van der Waals surface area contributed by atoms with Crippen LogP contribution in [0.4, 0.5) is 0 Å². The zero-order valence-electron chi connectivity index (χ0n) is 21.2. The number of benzene rings is 3. The van der Waals surface area contributed by atoms with E-state index in [1.54, 1.807) is 26.0 Å². The summed E-state index contributed by atoms with van der Waals surface area (Å²) in [6, 6.07) is 21.3. The van der Waals surface area contributed by atoms with E-state index in [-0.39, 0.29) is 6.42 Å². The minimum atomic E-state index is -1.65. The zero-order valence-corrected chi connectivity index (χ0v) is 23.5. The molecule has 0 unspecified atom stereocenters. The molecule has 7 nitrogen and oxygen atoms in total. The Morgan fingerprint density at radius 2 is 1.59 bits per heavy atom. The molecule has 0 bridgehead atoms. The van der Waals surface area contributed by atoms with E-state index in [1.165, 1.54) is 11.0 Å². The third-order valence-corrected chi connectivity index (χ3v) is 9.88. The van der Waals surface area contributed by atoms with Crippen molar-refractivity contribution in [1.29, 1.82) is 0 Å². The van der Waals surface area contributed by atoms with Gasteiger partial charge in [-0.05, 0) is 42.7 Å². The van der Waals surface area contributed by atoms with Crippen LogP contribution in [0.25, 0.3) is 0 Å². The summed E-state index contributed by atoms with van der Waals surface area (Å²) in [5.74, 6) is -1.58. The Balaban J connectivity index is 1.34. The predicted octanol–water partition coefficient (Wildman–Crippen LogP) is 4.43. The molecule has 2 saturated heterocycles. The maximum atomic E-state index is 13.7. The molecule has 0 aromatic heterocycles. The van der Waals surface area contributed by atoms with E-state index in [9.17, 15) is 18.6 Å². The molecule has 0 aliphatic carbocycles. The van der Waals surface area contributed by atoms with Gasteiger partial charge in [-0.15, -0.1) is 0 Å². The van der Waals surface area contributed by atoms with E-state index in [1.807, 2.05) is 60.7 Å². The third-order valence-electron chi connectivity index (χ3n) is 7.10. The molecule has 0 spiro atoms. The minimum Gasteiger partial charge on any atom is -0.451 e. The second-order valence-corrected chi connectivity index (χ2v) is 13.0. The van der Waals surface area contributed by atoms with Crippen molar-refractivity contribution in [1.82, 2.24) is 10.2 Å². The van der Waals surface area contributed by atoms with Crippen LogP contribution >= 0.6 is 23.2 Å². The van der Waals surface area contributed by atoms with Crippen LogP contribution < -0.4 is 5.32 Å². The molecule has 2 aliphatic rings. The fourth-order valence-electron chi connectivity index (χ4n) is 5.10. The summed E-state index contributed by atoms with van der Waals surface area (Å²) < 4.78 is 18.5. The normalized spacial score (nSPS) is 23.2. The van der Waals surface area contributed by atoms with E-state index < -0.39 is 56.9 Å². The fourth-order valence-corrected chi connectivity index (χ4v) is 7.49. The van der Waals surface area contributed by atoms with Crippen molar-refractivity contribution >= 4 is 51.8 Å². The lowest BCUT2D eigenvalue weighted by atomic mass is 9.95. The number of hydrogen-bond acceptors (Lipinski definition) is 5. The highest BCUT2D eigenvalue weighted by atomic mass is 35.5. The van der Waals surface area contributed by atoms with Crippen molar-refractivity contribution in [2.45, 2.75) is 48.6 Å². The Hall–Kier alpha value is -3.20. The molecule has 0 saturated carbocycles. The molecular weight excluding hydrogens is 559 g/mol. The minimum absolute atomic E-state index is 0.0795. The highest BCUT2D eigenvalue weighted by Gasteiger charge is 2.68. The number of fused-ring (bicyclic) bond motifs is 1. The van der Waals surface area contributed by atoms with Gasteiger partial charge in [-0.2, -0.15) is 0 Å². The molecule has 0 radical (unpaired) electrons. The summed E-state index contributed by atoms with van der Waals surface area (Å²) in [6.07, 6.45) is -0.789. The molecule has 1 N–H and O–H groups in total. The Labute approximate surface area is 238 Å². The van der Waals surface area contributed by atoms with Crippen LogP contribution in [0.5, 0.6) is 0 Å². The zero-order chi connectivity index (χ0) is 27.9. The third kappa shape index (κ3) is 5.09. The lowest BCUT2D eigenvalue weighted by Gasteiger charge is -2.43. The Morgan fingerprint density at radius 3 is 2.15 bits per heavy atom. The van der Waals surface area contributed by atoms with E-state index in [0.717, 1.165) is 11.1 Å². The van der Waals surface area contributed by atoms with E-state index in [2.05, 4.69) is 5.32 Å². The summed E-state index contributed by atoms with van der Waals surface area (Å²) in [5, 5.41) is 2.61. The molecule has 39 heavy (non-hydrogen) atoms. The Morgan fingerprint density at radius 1 is 1.00 bits per heavy atom. The van der Waals surface area contributed by atoms with Crippen molar-refractivity contribution in [3.8, 4) is 0 Å². The van der Waals surface area contributed by atoms with Crippen LogP contribution in [0.15, 0.2) is 78.9 Å². The number of hydrogen-bond donors (Lipinski definition) is 1. The van der Waals surface area contributed by atoms with Crippen molar-refractivity contribution < 1.29 is 23.3 Å². The molecule has 10 heteroatoms. The lowest BCUT2D eigenvalue weighted by molar-refractivity contribution is -0.166. The standard InChI is InChI=1S/C29H26Cl2N2O5S/c1-29(2)25(28(36)38-24(17-9-5-3-6-10-17)18-11-7-4-8-12-18)33-26(35)23(27(33)39(29)37)32-22(34)15-19-13-14-20(30)16-21(19)31/h3-14,16,23-25,27H,15H2,1-2H3,(H,32,34)/t23-,25+,27-,39+/m1/s1. The van der Waals surface area contributed by atoms with Crippen molar-refractivity contribution in [3.63, 3.8) is 0 Å². The van der Waals surface area contributed by atoms with Crippen molar-refractivity contribution in [2.75, 3.05) is 0 Å². The number of rotatable bonds is 7. The summed E-state index contributed by atoms with van der Waals surface area (Å²) in [5.41, 5.74) is 2.09. The summed E-state index contributed by atoms with van der Waals surface area (Å²) in [7, 11) is -1.65. The number of ether oxygens (including phenoxy) is 1. The average molecular weight is 586 g/mol. The molecule has 202 valence electrons. The van der Waals surface area contributed by atoms with Gasteiger partial charge in [-0.25, -0.2) is 4.79 Å². The molecule has 2 fully saturated rings. The quantitative estimate of drug-likeness (QED) is 0.327. The monoisotopic (exact) mass is 584 g/mol. The van der Waals surface area contributed by atoms with Gasteiger partial charge in [-0.3, -0.25) is 13.8 Å². The van der Waals surface area contributed by atoms with Gasteiger partial charge in [0, 0.05) is 10.0 Å². The number of esters is 1. The molecule has 4 atom stereocenters. The molecular formula is C29H26Cl2N2O5S. The topological polar surface area (TPSA) is 92.8 Å². The number of nitrogens with zero attached hydrogens (tertiary/aromatic N) is 1. The first-order valence-electron chi connectivity index (χ1n) is 12.4. The second kappa shape index (κ2) is 10.8. The van der Waals surface area contributed by atoms with Gasteiger partial charge in [0.15, 0.2) is 6.10 Å². The molecule has 2 aliphatic heterocycles. The van der Waals surface area contributed by atoms with Crippen LogP contribution in [0, 0.1) is 0 Å². The van der Waals surface area contributed by atoms with Gasteiger partial charge in [0.05, 0.1) is 22.0 Å². The maximum absolute atomic E-state index is 13.7. The van der Waals surface area contributed by atoms with Crippen molar-refractivity contribution in [2.24, 2.45) is 0 Å². The molecule has 5 rings (SSSR count). The largest absolute Gasteiger partial charge is 0.451 e. The van der Waals surface area contributed by atoms with E-state index >= 15 is 0 Å². The number of halogens is 2. The number of β-lactam (4-membered cyclic amide) rings is 1. The van der Waals surface area contributed by atoms with Crippen molar-refractivity contribution in [3.05, 3.63) is 106 Å². The smallest absolute Gasteiger partial charge is 0.331 e. The predicted molar refractivity (Wildman–Crippen MR) is 150 cm³/mol. The highest BCUT2D eigenvalue weighted by Crippen LogP contribution is 2.44. The number of carbonyl (C=O) groups excluding carboxylic acids is 3. The van der Waals surface area contributed by atoms with Gasteiger partial charge in [0.2, 0.25) is 11.8 Å². The average Bonchev–Trinajstić information content (AvgIpc) is 3.11. The van der Waals surface area contributed by atoms with Crippen LogP contribution in [0.1, 0.15) is 36.6 Å². The van der Waals surface area contributed by atoms with E-state index in [0.29, 0.717) is 15.6 Å².